The third-order valence-corrected chi connectivity index (χ3v) is 3.27. The van der Waals surface area contributed by atoms with Gasteiger partial charge in [0.2, 0.25) is 0 Å². The number of carbonyl (C=O) groups is 1. The Balaban J connectivity index is 2.09. The molecule has 0 amide bonds. The predicted octanol–water partition coefficient (Wildman–Crippen LogP) is 1.93. The van der Waals surface area contributed by atoms with Crippen molar-refractivity contribution in [3.05, 3.63) is 16.7 Å². The smallest absolute Gasteiger partial charge is 0.152 e. The first-order valence-corrected chi connectivity index (χ1v) is 5.40. The first-order chi connectivity index (χ1) is 6.75. The van der Waals surface area contributed by atoms with Crippen molar-refractivity contribution >= 4 is 17.4 Å². The van der Waals surface area contributed by atoms with Crippen LogP contribution in [0.3, 0.4) is 0 Å². The molecule has 0 radical (unpaired) electrons. The minimum atomic E-state index is 0.300. The minimum absolute atomic E-state index is 0.300. The lowest BCUT2D eigenvalue weighted by molar-refractivity contribution is -0.120. The van der Waals surface area contributed by atoms with E-state index in [-0.39, 0.29) is 0 Å². The number of halogens is 1. The summed E-state index contributed by atoms with van der Waals surface area (Å²) < 4.78 is 2.03. The quantitative estimate of drug-likeness (QED) is 0.710. The summed E-state index contributed by atoms with van der Waals surface area (Å²) in [4.78, 5) is 15.7. The molecule has 3 rings (SSSR count). The number of Topliss-reactive ketones (excluding diaryl/α,β-unsaturated/α-hetero) is 1. The Morgan fingerprint density at radius 3 is 2.86 bits per heavy atom. The van der Waals surface area contributed by atoms with E-state index in [0.717, 1.165) is 17.9 Å². The lowest BCUT2D eigenvalue weighted by atomic mass is 10.1. The number of nitrogens with zero attached hydrogens (tertiary/aromatic N) is 2. The third kappa shape index (κ3) is 1.19. The second-order valence-electron chi connectivity index (χ2n) is 4.11. The molecule has 0 bridgehead atoms. The molecule has 74 valence electrons. The third-order valence-electron chi connectivity index (χ3n) is 2.97. The molecule has 2 heterocycles. The zero-order valence-electron chi connectivity index (χ0n) is 7.79. The second-order valence-corrected chi connectivity index (χ2v) is 4.46. The van der Waals surface area contributed by atoms with Gasteiger partial charge in [-0.3, -0.25) is 4.79 Å². The molecule has 0 unspecified atom stereocenters. The molecule has 1 fully saturated rings. The van der Waals surface area contributed by atoms with Gasteiger partial charge >= 0.3 is 0 Å². The van der Waals surface area contributed by atoms with Crippen LogP contribution in [-0.2, 0) is 17.8 Å². The van der Waals surface area contributed by atoms with Crippen molar-refractivity contribution in [2.24, 2.45) is 0 Å². The van der Waals surface area contributed by atoms with Crippen molar-refractivity contribution in [3.63, 3.8) is 0 Å². The van der Waals surface area contributed by atoms with Crippen molar-refractivity contribution in [1.82, 2.24) is 9.55 Å². The number of rotatable bonds is 1. The van der Waals surface area contributed by atoms with Gasteiger partial charge in [0.15, 0.2) is 10.9 Å². The highest BCUT2D eigenvalue weighted by atomic mass is 35.5. The molecule has 1 saturated carbocycles. The minimum Gasteiger partial charge on any atom is -0.323 e. The largest absolute Gasteiger partial charge is 0.323 e. The molecule has 0 N–H and O–H groups in total. The number of imidazole rings is 1. The van der Waals surface area contributed by atoms with Gasteiger partial charge in [-0.15, -0.1) is 0 Å². The van der Waals surface area contributed by atoms with E-state index in [1.54, 1.807) is 0 Å². The molecule has 1 aromatic heterocycles. The molecule has 3 nitrogen and oxygen atoms in total. The molecule has 0 saturated heterocycles. The van der Waals surface area contributed by atoms with Crippen LogP contribution >= 0.6 is 11.6 Å². The van der Waals surface area contributed by atoms with Crippen LogP contribution in [0.2, 0.25) is 5.15 Å². The molecule has 1 aliphatic heterocycles. The molecular weight excluding hydrogens is 200 g/mol. The monoisotopic (exact) mass is 210 g/mol. The van der Waals surface area contributed by atoms with Crippen LogP contribution in [-0.4, -0.2) is 15.3 Å². The summed E-state index contributed by atoms with van der Waals surface area (Å²) >= 11 is 6.04. The average Bonchev–Trinajstić information content (AvgIpc) is 2.93. The fourth-order valence-electron chi connectivity index (χ4n) is 2.06. The van der Waals surface area contributed by atoms with Gasteiger partial charge in [0.25, 0.3) is 0 Å². The van der Waals surface area contributed by atoms with Crippen molar-refractivity contribution in [3.8, 4) is 0 Å². The highest BCUT2D eigenvalue weighted by Gasteiger charge is 2.32. The lowest BCUT2D eigenvalue weighted by Gasteiger charge is -2.15. The van der Waals surface area contributed by atoms with Gasteiger partial charge in [-0.2, -0.15) is 0 Å². The summed E-state index contributed by atoms with van der Waals surface area (Å²) in [5, 5.41) is 0.611. The van der Waals surface area contributed by atoms with E-state index < -0.39 is 0 Å². The highest BCUT2D eigenvalue weighted by molar-refractivity contribution is 6.30. The molecule has 1 aromatic rings. The molecule has 14 heavy (non-hydrogen) atoms. The molecular formula is C10H11ClN2O. The number of carbonyl (C=O) groups excluding carboxylic acids is 1. The van der Waals surface area contributed by atoms with Crippen LogP contribution in [0.15, 0.2) is 0 Å². The molecule has 1 aliphatic carbocycles. The van der Waals surface area contributed by atoms with E-state index in [0.29, 0.717) is 29.8 Å². The number of ketones is 1. The average molecular weight is 211 g/mol. The maximum atomic E-state index is 11.3. The van der Waals surface area contributed by atoms with Gasteiger partial charge < -0.3 is 4.57 Å². The van der Waals surface area contributed by atoms with Gasteiger partial charge in [0, 0.05) is 12.3 Å². The molecule has 2 aliphatic rings. The SMILES string of the molecule is O=C1CCc2c(Cl)nc(C3CC3)n2C1. The summed E-state index contributed by atoms with van der Waals surface area (Å²) in [7, 11) is 0. The van der Waals surface area contributed by atoms with Crippen molar-refractivity contribution in [2.75, 3.05) is 0 Å². The van der Waals surface area contributed by atoms with E-state index >= 15 is 0 Å². The van der Waals surface area contributed by atoms with E-state index in [1.165, 1.54) is 12.8 Å². The molecule has 4 heteroatoms. The fraction of sp³-hybridized carbons (Fsp3) is 0.600. The Morgan fingerprint density at radius 2 is 2.14 bits per heavy atom. The van der Waals surface area contributed by atoms with Gasteiger partial charge in [-0.05, 0) is 19.3 Å². The number of hydrogen-bond donors (Lipinski definition) is 0. The highest BCUT2D eigenvalue weighted by Crippen LogP contribution is 2.41. The van der Waals surface area contributed by atoms with Gasteiger partial charge in [0.05, 0.1) is 12.2 Å². The number of aromatic nitrogens is 2. The van der Waals surface area contributed by atoms with E-state index in [1.807, 2.05) is 4.57 Å². The molecule has 0 aromatic carbocycles. The normalized spacial score (nSPS) is 21.1. The number of hydrogen-bond acceptors (Lipinski definition) is 2. The Morgan fingerprint density at radius 1 is 1.36 bits per heavy atom. The Labute approximate surface area is 87.1 Å². The van der Waals surface area contributed by atoms with Crippen LogP contribution in [0.25, 0.3) is 0 Å². The topological polar surface area (TPSA) is 34.9 Å². The first-order valence-electron chi connectivity index (χ1n) is 5.02. The van der Waals surface area contributed by atoms with Gasteiger partial charge in [0.1, 0.15) is 5.82 Å². The Hall–Kier alpha value is -0.830. The second kappa shape index (κ2) is 2.83. The van der Waals surface area contributed by atoms with Crippen LogP contribution in [0.1, 0.15) is 36.7 Å². The zero-order chi connectivity index (χ0) is 9.71. The van der Waals surface area contributed by atoms with Gasteiger partial charge in [-0.1, -0.05) is 11.6 Å². The van der Waals surface area contributed by atoms with Crippen molar-refractivity contribution < 1.29 is 4.79 Å². The van der Waals surface area contributed by atoms with Crippen LogP contribution in [0.5, 0.6) is 0 Å². The summed E-state index contributed by atoms with van der Waals surface area (Å²) in [6.07, 6.45) is 3.77. The van der Waals surface area contributed by atoms with Crippen LogP contribution < -0.4 is 0 Å². The summed E-state index contributed by atoms with van der Waals surface area (Å²) in [6.45, 7) is 0.487. The van der Waals surface area contributed by atoms with Crippen molar-refractivity contribution in [1.29, 1.82) is 0 Å². The maximum Gasteiger partial charge on any atom is 0.152 e. The lowest BCUT2D eigenvalue weighted by Crippen LogP contribution is -2.21. The standard InChI is InChI=1S/C10H11ClN2O/c11-9-8-4-3-7(14)5-13(8)10(12-9)6-1-2-6/h6H,1-5H2. The van der Waals surface area contributed by atoms with Crippen LogP contribution in [0.4, 0.5) is 0 Å². The van der Waals surface area contributed by atoms with E-state index in [2.05, 4.69) is 4.98 Å². The first kappa shape index (κ1) is 8.48. The zero-order valence-corrected chi connectivity index (χ0v) is 8.55. The summed E-state index contributed by atoms with van der Waals surface area (Å²) in [5.74, 6) is 1.90. The fourth-order valence-corrected chi connectivity index (χ4v) is 2.34. The Bertz CT molecular complexity index is 406. The van der Waals surface area contributed by atoms with Gasteiger partial charge in [-0.25, -0.2) is 4.98 Å². The van der Waals surface area contributed by atoms with Crippen LogP contribution in [0, 0.1) is 0 Å². The summed E-state index contributed by atoms with van der Waals surface area (Å²) in [5.41, 5.74) is 1.06. The summed E-state index contributed by atoms with van der Waals surface area (Å²) in [6, 6.07) is 0. The van der Waals surface area contributed by atoms with E-state index in [9.17, 15) is 4.79 Å². The Kier molecular flexibility index (Phi) is 1.71. The molecule has 0 spiro atoms. The molecule has 0 atom stereocenters. The van der Waals surface area contributed by atoms with E-state index in [4.69, 9.17) is 11.6 Å². The number of fused-ring (bicyclic) bond motifs is 1. The predicted molar refractivity (Wildman–Crippen MR) is 52.5 cm³/mol. The maximum absolute atomic E-state index is 11.3. The van der Waals surface area contributed by atoms with Crippen molar-refractivity contribution in [2.45, 2.75) is 38.1 Å².